The van der Waals surface area contributed by atoms with Crippen molar-refractivity contribution >= 4 is 54.1 Å². The molecule has 2 aliphatic carbocycles. The molecule has 0 unspecified atom stereocenters. The number of hydrogen-bond donors (Lipinski definition) is 0. The lowest BCUT2D eigenvalue weighted by molar-refractivity contribution is 0.795. The SMILES string of the molecule is c1ccc(-n2c3ccccc3c3cc(-c4ccc5c(c4)-c4cc6c7ccccc7c7ccccc7c6cc4C54c5ccccc5-c5ccccc54)ccc32)cc1. The van der Waals surface area contributed by atoms with Crippen molar-refractivity contribution in [2.75, 3.05) is 0 Å². The van der Waals surface area contributed by atoms with Crippen LogP contribution >= 0.6 is 0 Å². The highest BCUT2D eigenvalue weighted by molar-refractivity contribution is 6.26. The molecule has 2 aliphatic rings. The van der Waals surface area contributed by atoms with Gasteiger partial charge in [0.1, 0.15) is 0 Å². The van der Waals surface area contributed by atoms with Gasteiger partial charge >= 0.3 is 0 Å². The maximum Gasteiger partial charge on any atom is 0.0725 e. The zero-order valence-electron chi connectivity index (χ0n) is 30.5. The number of benzene rings is 10. The minimum absolute atomic E-state index is 0.426. The van der Waals surface area contributed by atoms with Crippen molar-refractivity contribution in [3.63, 3.8) is 0 Å². The summed E-state index contributed by atoms with van der Waals surface area (Å²) in [6.07, 6.45) is 0. The van der Waals surface area contributed by atoms with Gasteiger partial charge in [0.2, 0.25) is 0 Å². The van der Waals surface area contributed by atoms with Crippen LogP contribution in [0.2, 0.25) is 0 Å². The van der Waals surface area contributed by atoms with Crippen LogP contribution in [0.5, 0.6) is 0 Å². The van der Waals surface area contributed by atoms with Crippen LogP contribution in [-0.4, -0.2) is 4.57 Å². The van der Waals surface area contributed by atoms with Crippen LogP contribution in [0.15, 0.2) is 200 Å². The van der Waals surface area contributed by atoms with E-state index in [4.69, 9.17) is 0 Å². The van der Waals surface area contributed by atoms with Crippen molar-refractivity contribution in [2.45, 2.75) is 5.41 Å². The first-order valence-corrected chi connectivity index (χ1v) is 19.6. The van der Waals surface area contributed by atoms with Crippen LogP contribution in [0, 0.1) is 0 Å². The maximum absolute atomic E-state index is 2.56. The molecule has 1 heteroatoms. The predicted molar refractivity (Wildman–Crippen MR) is 235 cm³/mol. The Labute approximate surface area is 324 Å². The zero-order chi connectivity index (χ0) is 36.5. The van der Waals surface area contributed by atoms with Crippen LogP contribution in [-0.2, 0) is 5.41 Å². The molecule has 0 saturated heterocycles. The fourth-order valence-electron chi connectivity index (χ4n) is 10.7. The first-order chi connectivity index (χ1) is 27.8. The van der Waals surface area contributed by atoms with Crippen molar-refractivity contribution in [3.8, 4) is 39.1 Å². The molecule has 0 amide bonds. The molecule has 0 saturated carbocycles. The number of hydrogen-bond acceptors (Lipinski definition) is 0. The Morgan fingerprint density at radius 3 is 1.45 bits per heavy atom. The largest absolute Gasteiger partial charge is 0.309 e. The van der Waals surface area contributed by atoms with E-state index in [0.29, 0.717) is 0 Å². The van der Waals surface area contributed by atoms with Gasteiger partial charge in [0, 0.05) is 16.5 Å². The number of aromatic nitrogens is 1. The van der Waals surface area contributed by atoms with Crippen molar-refractivity contribution < 1.29 is 0 Å². The Balaban J connectivity index is 1.12. The fourth-order valence-corrected chi connectivity index (χ4v) is 10.7. The first-order valence-electron chi connectivity index (χ1n) is 19.6. The lowest BCUT2D eigenvalue weighted by atomic mass is 9.70. The molecule has 10 aromatic carbocycles. The van der Waals surface area contributed by atoms with Gasteiger partial charge in [0.15, 0.2) is 0 Å². The minimum Gasteiger partial charge on any atom is -0.309 e. The first kappa shape index (κ1) is 30.1. The average Bonchev–Trinajstić information content (AvgIpc) is 3.87. The van der Waals surface area contributed by atoms with E-state index in [2.05, 4.69) is 205 Å². The number of rotatable bonds is 2. The van der Waals surface area contributed by atoms with Crippen LogP contribution in [0.4, 0.5) is 0 Å². The highest BCUT2D eigenvalue weighted by Crippen LogP contribution is 2.64. The highest BCUT2D eigenvalue weighted by atomic mass is 15.0. The Morgan fingerprint density at radius 1 is 0.268 bits per heavy atom. The van der Waals surface area contributed by atoms with Crippen molar-refractivity contribution in [1.29, 1.82) is 0 Å². The summed E-state index contributed by atoms with van der Waals surface area (Å²) in [7, 11) is 0. The summed E-state index contributed by atoms with van der Waals surface area (Å²) in [5.41, 5.74) is 16.4. The van der Waals surface area contributed by atoms with Crippen molar-refractivity contribution in [2.24, 2.45) is 0 Å². The van der Waals surface area contributed by atoms with Gasteiger partial charge in [-0.1, -0.05) is 152 Å². The monoisotopic (exact) mass is 707 g/mol. The van der Waals surface area contributed by atoms with Gasteiger partial charge in [-0.2, -0.15) is 0 Å². The summed E-state index contributed by atoms with van der Waals surface area (Å²) in [4.78, 5) is 0. The van der Waals surface area contributed by atoms with E-state index in [9.17, 15) is 0 Å². The highest BCUT2D eigenvalue weighted by Gasteiger charge is 2.51. The lowest BCUT2D eigenvalue weighted by Crippen LogP contribution is -2.25. The quantitative estimate of drug-likeness (QED) is 0.158. The topological polar surface area (TPSA) is 4.93 Å². The third-order valence-electron chi connectivity index (χ3n) is 13.0. The third kappa shape index (κ3) is 3.75. The molecule has 0 fully saturated rings. The van der Waals surface area contributed by atoms with Gasteiger partial charge in [-0.25, -0.2) is 0 Å². The summed E-state index contributed by atoms with van der Waals surface area (Å²) < 4.78 is 2.39. The molecule has 56 heavy (non-hydrogen) atoms. The Bertz CT molecular complexity index is 3430. The Morgan fingerprint density at radius 2 is 0.750 bits per heavy atom. The molecule has 0 N–H and O–H groups in total. The van der Waals surface area contributed by atoms with Gasteiger partial charge in [-0.15, -0.1) is 0 Å². The standard InChI is InChI=1S/C55H33N/c1-2-14-36(15-3-1)56-53-25-13-10-22-43(53)48-31-35(27-29-54(48)56)34-26-28-51-46(30-34)47-32-44-39-18-6-4-16-37(39)38-17-5-7-19-40(38)45(44)33-52(47)55(51)49-23-11-8-20-41(49)42-21-9-12-24-50(42)55/h1-33H. The van der Waals surface area contributed by atoms with E-state index < -0.39 is 5.41 Å². The fraction of sp³-hybridized carbons (Fsp3) is 0.0182. The molecular weight excluding hydrogens is 675 g/mol. The summed E-state index contributed by atoms with van der Waals surface area (Å²) in [6, 6.07) is 75.1. The molecule has 1 aromatic heterocycles. The molecule has 1 heterocycles. The van der Waals surface area contributed by atoms with Crippen molar-refractivity contribution in [3.05, 3.63) is 222 Å². The maximum atomic E-state index is 2.56. The van der Waals surface area contributed by atoms with Crippen LogP contribution in [0.25, 0.3) is 93.2 Å². The van der Waals surface area contributed by atoms with Gasteiger partial charge in [-0.05, 0) is 136 Å². The van der Waals surface area contributed by atoms with E-state index in [1.807, 2.05) is 0 Å². The normalized spacial score (nSPS) is 13.5. The number of para-hydroxylation sites is 2. The molecular formula is C55H33N. The summed E-state index contributed by atoms with van der Waals surface area (Å²) >= 11 is 0. The van der Waals surface area contributed by atoms with Crippen LogP contribution in [0.3, 0.4) is 0 Å². The van der Waals surface area contributed by atoms with E-state index in [1.165, 1.54) is 115 Å². The molecule has 0 radical (unpaired) electrons. The number of fused-ring (bicyclic) bond motifs is 19. The molecule has 13 rings (SSSR count). The van der Waals surface area contributed by atoms with Gasteiger partial charge in [0.05, 0.1) is 16.4 Å². The van der Waals surface area contributed by atoms with E-state index in [1.54, 1.807) is 0 Å². The number of nitrogens with zero attached hydrogens (tertiary/aromatic N) is 1. The Kier molecular flexibility index (Phi) is 5.89. The molecule has 0 bridgehead atoms. The second-order valence-corrected chi connectivity index (χ2v) is 15.6. The van der Waals surface area contributed by atoms with Gasteiger partial charge in [-0.3, -0.25) is 0 Å². The Hall–Kier alpha value is -7.22. The minimum atomic E-state index is -0.426. The second kappa shape index (κ2) is 10.9. The molecule has 258 valence electrons. The van der Waals surface area contributed by atoms with Crippen molar-refractivity contribution in [1.82, 2.24) is 4.57 Å². The predicted octanol–water partition coefficient (Wildman–Crippen LogP) is 14.3. The third-order valence-corrected chi connectivity index (χ3v) is 13.0. The second-order valence-electron chi connectivity index (χ2n) is 15.6. The van der Waals surface area contributed by atoms with Gasteiger partial charge in [0.25, 0.3) is 0 Å². The molecule has 0 atom stereocenters. The molecule has 11 aromatic rings. The smallest absolute Gasteiger partial charge is 0.0725 e. The van der Waals surface area contributed by atoms with E-state index in [-0.39, 0.29) is 0 Å². The molecule has 1 nitrogen and oxygen atoms in total. The van der Waals surface area contributed by atoms with Gasteiger partial charge < -0.3 is 4.57 Å². The summed E-state index contributed by atoms with van der Waals surface area (Å²) in [5, 5.41) is 10.4. The zero-order valence-corrected chi connectivity index (χ0v) is 30.5. The summed E-state index contributed by atoms with van der Waals surface area (Å²) in [5.74, 6) is 0. The van der Waals surface area contributed by atoms with E-state index in [0.717, 1.165) is 0 Å². The molecule has 0 aliphatic heterocycles. The van der Waals surface area contributed by atoms with Crippen LogP contribution in [0.1, 0.15) is 22.3 Å². The molecule has 1 spiro atoms. The summed E-state index contributed by atoms with van der Waals surface area (Å²) in [6.45, 7) is 0. The van der Waals surface area contributed by atoms with E-state index >= 15 is 0 Å². The van der Waals surface area contributed by atoms with Crippen LogP contribution < -0.4 is 0 Å². The average molecular weight is 708 g/mol. The lowest BCUT2D eigenvalue weighted by Gasteiger charge is -2.31.